The van der Waals surface area contributed by atoms with Crippen molar-refractivity contribution in [3.05, 3.63) is 95.5 Å². The van der Waals surface area contributed by atoms with E-state index in [4.69, 9.17) is 16.3 Å². The molecule has 2 N–H and O–H groups in total. The summed E-state index contributed by atoms with van der Waals surface area (Å²) in [7, 11) is 3.25. The summed E-state index contributed by atoms with van der Waals surface area (Å²) < 4.78 is 7.15. The highest BCUT2D eigenvalue weighted by Crippen LogP contribution is 2.40. The highest BCUT2D eigenvalue weighted by Gasteiger charge is 2.44. The number of halogens is 1. The summed E-state index contributed by atoms with van der Waals surface area (Å²) in [6, 6.07) is 18.8. The summed E-state index contributed by atoms with van der Waals surface area (Å²) in [6.07, 6.45) is 5.25. The average Bonchev–Trinajstić information content (AvgIpc) is 3.35. The average molecular weight is 478 g/mol. The largest absolute Gasteiger partial charge is 0.497 e. The molecule has 4 rings (SSSR count). The zero-order valence-corrected chi connectivity index (χ0v) is 20.2. The maximum absolute atomic E-state index is 13.4. The van der Waals surface area contributed by atoms with E-state index in [1.165, 1.54) is 0 Å². The van der Waals surface area contributed by atoms with E-state index in [1.54, 1.807) is 57.1 Å². The number of ether oxygens (including phenoxy) is 1. The molecule has 0 fully saturated rings. The number of aromatic nitrogens is 2. The van der Waals surface area contributed by atoms with Crippen LogP contribution in [0.1, 0.15) is 24.5 Å². The van der Waals surface area contributed by atoms with Crippen LogP contribution in [0.3, 0.4) is 0 Å². The quantitative estimate of drug-likeness (QED) is 0.386. The highest BCUT2D eigenvalue weighted by atomic mass is 35.5. The molecule has 0 radical (unpaired) electrons. The van der Waals surface area contributed by atoms with Gasteiger partial charge in [0.05, 0.1) is 25.4 Å². The first-order valence-corrected chi connectivity index (χ1v) is 11.4. The maximum Gasteiger partial charge on any atom is 0.230 e. The van der Waals surface area contributed by atoms with Crippen molar-refractivity contribution in [2.24, 2.45) is 0 Å². The summed E-state index contributed by atoms with van der Waals surface area (Å²) in [4.78, 5) is 17.5. The number of benzene rings is 3. The molecule has 0 saturated carbocycles. The molecule has 6 nitrogen and oxygen atoms in total. The lowest BCUT2D eigenvalue weighted by atomic mass is 9.70. The molecule has 0 spiro atoms. The Morgan fingerprint density at radius 1 is 1.09 bits per heavy atom. The van der Waals surface area contributed by atoms with Crippen LogP contribution in [0.2, 0.25) is 5.02 Å². The second-order valence-electron chi connectivity index (χ2n) is 8.79. The Kier molecular flexibility index (Phi) is 6.64. The predicted octanol–water partition coefficient (Wildman–Crippen LogP) is 4.68. The zero-order valence-electron chi connectivity index (χ0n) is 19.5. The number of likely N-dealkylation sites (N-methyl/N-ethyl adjacent to an activating group) is 1. The Bertz CT molecular complexity index is 1290. The summed E-state index contributed by atoms with van der Waals surface area (Å²) in [5.41, 5.74) is -0.923. The first-order valence-electron chi connectivity index (χ1n) is 11.0. The monoisotopic (exact) mass is 477 g/mol. The number of hydrogen-bond acceptors (Lipinski definition) is 4. The van der Waals surface area contributed by atoms with Gasteiger partial charge in [0.1, 0.15) is 11.4 Å². The number of hydrogen-bond donors (Lipinski definition) is 2. The number of imidazole rings is 1. The molecule has 0 saturated heterocycles. The number of nitrogens with zero attached hydrogens (tertiary/aromatic N) is 2. The molecular formula is C27H28ClN3O3. The number of carbonyl (C=O) groups excluding carboxylic acids is 1. The minimum Gasteiger partial charge on any atom is -0.497 e. The van der Waals surface area contributed by atoms with E-state index in [9.17, 15) is 9.90 Å². The molecule has 1 amide bonds. The number of fused-ring (bicyclic) bond motifs is 1. The molecule has 0 aliphatic heterocycles. The first kappa shape index (κ1) is 23.8. The van der Waals surface area contributed by atoms with Gasteiger partial charge in [-0.2, -0.15) is 0 Å². The van der Waals surface area contributed by atoms with Gasteiger partial charge in [-0.3, -0.25) is 4.79 Å². The molecule has 2 atom stereocenters. The smallest absolute Gasteiger partial charge is 0.230 e. The minimum atomic E-state index is -1.37. The van der Waals surface area contributed by atoms with Crippen LogP contribution in [-0.2, 0) is 22.4 Å². The molecule has 1 heterocycles. The van der Waals surface area contributed by atoms with Gasteiger partial charge >= 0.3 is 0 Å². The maximum atomic E-state index is 13.4. The van der Waals surface area contributed by atoms with Gasteiger partial charge < -0.3 is 19.7 Å². The fourth-order valence-electron chi connectivity index (χ4n) is 4.56. The van der Waals surface area contributed by atoms with Gasteiger partial charge in [0.2, 0.25) is 5.91 Å². The van der Waals surface area contributed by atoms with E-state index in [2.05, 4.69) is 10.3 Å². The van der Waals surface area contributed by atoms with E-state index in [0.29, 0.717) is 10.6 Å². The van der Waals surface area contributed by atoms with Crippen LogP contribution in [0.25, 0.3) is 10.8 Å². The van der Waals surface area contributed by atoms with Crippen LogP contribution in [0.5, 0.6) is 5.75 Å². The minimum absolute atomic E-state index is 0.140. The Morgan fingerprint density at radius 2 is 1.76 bits per heavy atom. The van der Waals surface area contributed by atoms with Gasteiger partial charge in [-0.15, -0.1) is 0 Å². The van der Waals surface area contributed by atoms with Crippen molar-refractivity contribution in [3.63, 3.8) is 0 Å². The van der Waals surface area contributed by atoms with Gasteiger partial charge in [-0.1, -0.05) is 48.0 Å². The van der Waals surface area contributed by atoms with Crippen molar-refractivity contribution in [1.29, 1.82) is 0 Å². The number of carbonyl (C=O) groups is 1. The Labute approximate surface area is 204 Å². The van der Waals surface area contributed by atoms with Crippen molar-refractivity contribution in [2.75, 3.05) is 14.2 Å². The van der Waals surface area contributed by atoms with Crippen LogP contribution in [0.4, 0.5) is 0 Å². The van der Waals surface area contributed by atoms with Crippen LogP contribution in [0, 0.1) is 0 Å². The molecule has 3 aromatic carbocycles. The van der Waals surface area contributed by atoms with Crippen molar-refractivity contribution in [2.45, 2.75) is 30.9 Å². The lowest BCUT2D eigenvalue weighted by Gasteiger charge is -2.38. The van der Waals surface area contributed by atoms with Gasteiger partial charge in [0, 0.05) is 30.9 Å². The standard InChI is InChI=1S/C27H28ClN3O3/c1-26(25(32)29-2,22-6-4-20-15-24(34-3)11-5-19(20)14-22)16-27(33,17-31-13-12-30-18-31)21-7-9-23(28)10-8-21/h4-15,18,33H,16-17H2,1-3H3,(H,29,32). The number of aliphatic hydroxyl groups is 1. The number of methoxy groups -OCH3 is 1. The molecule has 0 bridgehead atoms. The molecule has 34 heavy (non-hydrogen) atoms. The predicted molar refractivity (Wildman–Crippen MR) is 134 cm³/mol. The summed E-state index contributed by atoms with van der Waals surface area (Å²) in [5.74, 6) is 0.588. The number of amides is 1. The lowest BCUT2D eigenvalue weighted by Crippen LogP contribution is -2.47. The fraction of sp³-hybridized carbons (Fsp3) is 0.259. The molecule has 0 aliphatic carbocycles. The zero-order chi connectivity index (χ0) is 24.3. The summed E-state index contributed by atoms with van der Waals surface area (Å²) in [6.45, 7) is 2.09. The van der Waals surface area contributed by atoms with Crippen LogP contribution < -0.4 is 10.1 Å². The van der Waals surface area contributed by atoms with Crippen LogP contribution in [-0.4, -0.2) is 34.7 Å². The summed E-state index contributed by atoms with van der Waals surface area (Å²) >= 11 is 6.11. The second kappa shape index (κ2) is 9.49. The molecule has 176 valence electrons. The summed E-state index contributed by atoms with van der Waals surface area (Å²) in [5, 5.41) is 17.5. The Balaban J connectivity index is 1.81. The van der Waals surface area contributed by atoms with Gasteiger partial charge in [-0.05, 0) is 53.1 Å². The topological polar surface area (TPSA) is 76.4 Å². The van der Waals surface area contributed by atoms with Crippen molar-refractivity contribution in [1.82, 2.24) is 14.9 Å². The van der Waals surface area contributed by atoms with Gasteiger partial charge in [0.15, 0.2) is 0 Å². The molecular weight excluding hydrogens is 450 g/mol. The molecule has 7 heteroatoms. The Morgan fingerprint density at radius 3 is 2.41 bits per heavy atom. The van der Waals surface area contributed by atoms with Crippen molar-refractivity contribution in [3.8, 4) is 5.75 Å². The molecule has 4 aromatic rings. The second-order valence-corrected chi connectivity index (χ2v) is 9.23. The molecule has 0 aliphatic rings. The van der Waals surface area contributed by atoms with E-state index in [0.717, 1.165) is 22.1 Å². The van der Waals surface area contributed by atoms with E-state index < -0.39 is 11.0 Å². The van der Waals surface area contributed by atoms with Crippen LogP contribution >= 0.6 is 11.6 Å². The lowest BCUT2D eigenvalue weighted by molar-refractivity contribution is -0.129. The normalized spacial score (nSPS) is 14.9. The van der Waals surface area contributed by atoms with Gasteiger partial charge in [0.25, 0.3) is 0 Å². The van der Waals surface area contributed by atoms with E-state index in [1.807, 2.05) is 47.9 Å². The third kappa shape index (κ3) is 4.65. The van der Waals surface area contributed by atoms with Gasteiger partial charge in [-0.25, -0.2) is 4.98 Å². The van der Waals surface area contributed by atoms with Crippen molar-refractivity contribution >= 4 is 28.3 Å². The number of nitrogens with one attached hydrogen (secondary N) is 1. The molecule has 1 aromatic heterocycles. The third-order valence-corrected chi connectivity index (χ3v) is 6.70. The third-order valence-electron chi connectivity index (χ3n) is 6.44. The fourth-order valence-corrected chi connectivity index (χ4v) is 4.69. The van der Waals surface area contributed by atoms with Crippen molar-refractivity contribution < 1.29 is 14.6 Å². The van der Waals surface area contributed by atoms with Crippen LogP contribution in [0.15, 0.2) is 79.4 Å². The number of rotatable bonds is 8. The molecule has 2 unspecified atom stereocenters. The first-order chi connectivity index (χ1) is 16.3. The SMILES string of the molecule is CNC(=O)C(C)(CC(O)(Cn1ccnc1)c1ccc(Cl)cc1)c1ccc2cc(OC)ccc2c1. The Hall–Kier alpha value is -3.35. The highest BCUT2D eigenvalue weighted by molar-refractivity contribution is 6.30. The van der Waals surface area contributed by atoms with E-state index >= 15 is 0 Å². The van der Waals surface area contributed by atoms with E-state index in [-0.39, 0.29) is 18.9 Å².